The Hall–Kier alpha value is -2.95. The minimum Gasteiger partial charge on any atom is -0.494 e. The molecule has 1 saturated heterocycles. The lowest BCUT2D eigenvalue weighted by Crippen LogP contribution is -2.30. The van der Waals surface area contributed by atoms with E-state index in [1.807, 2.05) is 36.1 Å². The largest absolute Gasteiger partial charge is 0.494 e. The Morgan fingerprint density at radius 3 is 2.64 bits per heavy atom. The number of ether oxygens (including phenoxy) is 3. The van der Waals surface area contributed by atoms with Gasteiger partial charge in [0.25, 0.3) is 5.91 Å². The van der Waals surface area contributed by atoms with Crippen molar-refractivity contribution >= 4 is 5.91 Å². The van der Waals surface area contributed by atoms with Crippen molar-refractivity contribution in [1.82, 2.24) is 4.90 Å². The van der Waals surface area contributed by atoms with E-state index in [-0.39, 0.29) is 11.9 Å². The van der Waals surface area contributed by atoms with Crippen LogP contribution >= 0.6 is 0 Å². The molecule has 28 heavy (non-hydrogen) atoms. The molecule has 0 bridgehead atoms. The lowest BCUT2D eigenvalue weighted by molar-refractivity contribution is 0.0735. The number of benzene rings is 2. The molecule has 1 atom stereocenters. The van der Waals surface area contributed by atoms with Gasteiger partial charge in [-0.15, -0.1) is 0 Å². The van der Waals surface area contributed by atoms with Crippen molar-refractivity contribution in [2.45, 2.75) is 25.8 Å². The molecule has 0 N–H and O–H groups in total. The lowest BCUT2D eigenvalue weighted by atomic mass is 10.0. The van der Waals surface area contributed by atoms with E-state index in [4.69, 9.17) is 14.2 Å². The quantitative estimate of drug-likeness (QED) is 0.625. The molecule has 148 valence electrons. The molecule has 0 radical (unpaired) electrons. The summed E-state index contributed by atoms with van der Waals surface area (Å²) in [5.41, 5.74) is 1.73. The Morgan fingerprint density at radius 1 is 1.18 bits per heavy atom. The molecule has 1 aliphatic heterocycles. The summed E-state index contributed by atoms with van der Waals surface area (Å²) in [7, 11) is 1.57. The van der Waals surface area contributed by atoms with Crippen molar-refractivity contribution in [2.75, 3.05) is 26.9 Å². The molecule has 1 unspecified atom stereocenters. The van der Waals surface area contributed by atoms with E-state index in [2.05, 4.69) is 6.58 Å². The first kappa shape index (κ1) is 19.8. The number of likely N-dealkylation sites (tertiary alicyclic amines) is 1. The van der Waals surface area contributed by atoms with E-state index < -0.39 is 0 Å². The van der Waals surface area contributed by atoms with Crippen LogP contribution in [-0.4, -0.2) is 37.7 Å². The number of methoxy groups -OCH3 is 1. The molecule has 0 aliphatic carbocycles. The fourth-order valence-electron chi connectivity index (χ4n) is 3.54. The first-order chi connectivity index (χ1) is 13.7. The minimum absolute atomic E-state index is 0.00459. The zero-order chi connectivity index (χ0) is 19.9. The molecule has 5 heteroatoms. The summed E-state index contributed by atoms with van der Waals surface area (Å²) in [6, 6.07) is 13.4. The zero-order valence-electron chi connectivity index (χ0n) is 16.5. The van der Waals surface area contributed by atoms with Gasteiger partial charge in [0.1, 0.15) is 12.4 Å². The van der Waals surface area contributed by atoms with Crippen LogP contribution in [0.4, 0.5) is 0 Å². The normalized spacial score (nSPS) is 15.9. The maximum atomic E-state index is 13.2. The third-order valence-electron chi connectivity index (χ3n) is 4.86. The maximum Gasteiger partial charge on any atom is 0.254 e. The number of rotatable bonds is 8. The Bertz CT molecular complexity index is 816. The molecular weight excluding hydrogens is 354 g/mol. The second-order valence-corrected chi connectivity index (χ2v) is 6.62. The van der Waals surface area contributed by atoms with Gasteiger partial charge in [-0.05, 0) is 55.7 Å². The number of carbonyl (C=O) groups is 1. The summed E-state index contributed by atoms with van der Waals surface area (Å²) in [5, 5.41) is 0. The van der Waals surface area contributed by atoms with E-state index >= 15 is 0 Å². The van der Waals surface area contributed by atoms with E-state index in [9.17, 15) is 4.79 Å². The van der Waals surface area contributed by atoms with Crippen LogP contribution in [0.3, 0.4) is 0 Å². The molecule has 1 fully saturated rings. The number of amides is 1. The van der Waals surface area contributed by atoms with E-state index in [1.54, 1.807) is 31.4 Å². The average molecular weight is 381 g/mol. The van der Waals surface area contributed by atoms with E-state index in [1.165, 1.54) is 0 Å². The zero-order valence-corrected chi connectivity index (χ0v) is 16.5. The summed E-state index contributed by atoms with van der Waals surface area (Å²) < 4.78 is 16.5. The van der Waals surface area contributed by atoms with Crippen LogP contribution in [0.1, 0.15) is 41.7 Å². The van der Waals surface area contributed by atoms with Gasteiger partial charge in [0, 0.05) is 12.1 Å². The van der Waals surface area contributed by atoms with Gasteiger partial charge in [0.05, 0.1) is 19.8 Å². The molecule has 1 amide bonds. The van der Waals surface area contributed by atoms with Gasteiger partial charge in [-0.3, -0.25) is 4.79 Å². The number of hydrogen-bond donors (Lipinski definition) is 0. The molecule has 5 nitrogen and oxygen atoms in total. The summed E-state index contributed by atoms with van der Waals surface area (Å²) in [5.74, 6) is 2.00. The molecule has 0 saturated carbocycles. The summed E-state index contributed by atoms with van der Waals surface area (Å²) in [6.07, 6.45) is 3.61. The maximum absolute atomic E-state index is 13.2. The molecule has 3 rings (SSSR count). The molecule has 0 aromatic heterocycles. The minimum atomic E-state index is 0.00459. The molecule has 1 aliphatic rings. The summed E-state index contributed by atoms with van der Waals surface area (Å²) in [4.78, 5) is 15.1. The van der Waals surface area contributed by atoms with Crippen LogP contribution in [0.15, 0.2) is 55.1 Å². The molecular formula is C23H27NO4. The standard InChI is InChI=1S/C23H27NO4/c1-4-15-28-21-13-10-18(16-22(21)26-3)23(25)24-14-6-7-20(24)17-8-11-19(12-9-17)27-5-2/h4,8-13,16,20H,1,5-7,14-15H2,2-3H3. The highest BCUT2D eigenvalue weighted by Crippen LogP contribution is 2.35. The van der Waals surface area contributed by atoms with Crippen molar-refractivity contribution in [3.8, 4) is 17.2 Å². The first-order valence-corrected chi connectivity index (χ1v) is 9.63. The van der Waals surface area contributed by atoms with Gasteiger partial charge in [0.2, 0.25) is 0 Å². The highest BCUT2D eigenvalue weighted by atomic mass is 16.5. The number of nitrogens with zero attached hydrogens (tertiary/aromatic N) is 1. The third-order valence-corrected chi connectivity index (χ3v) is 4.86. The smallest absolute Gasteiger partial charge is 0.254 e. The highest BCUT2D eigenvalue weighted by molar-refractivity contribution is 5.95. The van der Waals surface area contributed by atoms with Crippen LogP contribution in [0.2, 0.25) is 0 Å². The van der Waals surface area contributed by atoms with Crippen molar-refractivity contribution in [3.63, 3.8) is 0 Å². The molecule has 1 heterocycles. The lowest BCUT2D eigenvalue weighted by Gasteiger charge is -2.25. The molecule has 2 aromatic carbocycles. The number of carbonyl (C=O) groups excluding carboxylic acids is 1. The van der Waals surface area contributed by atoms with Crippen LogP contribution in [0, 0.1) is 0 Å². The van der Waals surface area contributed by atoms with Crippen molar-refractivity contribution in [1.29, 1.82) is 0 Å². The second kappa shape index (κ2) is 9.31. The summed E-state index contributed by atoms with van der Waals surface area (Å²) in [6.45, 7) is 7.38. The third kappa shape index (κ3) is 4.30. The predicted molar refractivity (Wildman–Crippen MR) is 109 cm³/mol. The van der Waals surface area contributed by atoms with Crippen LogP contribution in [0.25, 0.3) is 0 Å². The van der Waals surface area contributed by atoms with Gasteiger partial charge in [-0.1, -0.05) is 24.8 Å². The van der Waals surface area contributed by atoms with Gasteiger partial charge in [-0.2, -0.15) is 0 Å². The fraction of sp³-hybridized carbons (Fsp3) is 0.348. The van der Waals surface area contributed by atoms with E-state index in [0.29, 0.717) is 30.3 Å². The summed E-state index contributed by atoms with van der Waals surface area (Å²) >= 11 is 0. The Balaban J connectivity index is 1.79. The van der Waals surface area contributed by atoms with Gasteiger partial charge in [0.15, 0.2) is 11.5 Å². The van der Waals surface area contributed by atoms with Gasteiger partial charge < -0.3 is 19.1 Å². The molecule has 2 aromatic rings. The monoisotopic (exact) mass is 381 g/mol. The Labute approximate surface area is 166 Å². The second-order valence-electron chi connectivity index (χ2n) is 6.62. The van der Waals surface area contributed by atoms with Crippen LogP contribution in [0.5, 0.6) is 17.2 Å². The highest BCUT2D eigenvalue weighted by Gasteiger charge is 2.31. The van der Waals surface area contributed by atoms with E-state index in [0.717, 1.165) is 30.7 Å². The van der Waals surface area contributed by atoms with Crippen LogP contribution in [-0.2, 0) is 0 Å². The van der Waals surface area contributed by atoms with Crippen molar-refractivity contribution in [3.05, 3.63) is 66.2 Å². The molecule has 0 spiro atoms. The SMILES string of the molecule is C=CCOc1ccc(C(=O)N2CCCC2c2ccc(OCC)cc2)cc1OC. The Morgan fingerprint density at radius 2 is 1.96 bits per heavy atom. The van der Waals surface area contributed by atoms with Gasteiger partial charge >= 0.3 is 0 Å². The first-order valence-electron chi connectivity index (χ1n) is 9.63. The van der Waals surface area contributed by atoms with Gasteiger partial charge in [-0.25, -0.2) is 0 Å². The van der Waals surface area contributed by atoms with Crippen LogP contribution < -0.4 is 14.2 Å². The topological polar surface area (TPSA) is 48.0 Å². The number of hydrogen-bond acceptors (Lipinski definition) is 4. The predicted octanol–water partition coefficient (Wildman–Crippen LogP) is 4.64. The Kier molecular flexibility index (Phi) is 6.58. The van der Waals surface area contributed by atoms with Crippen molar-refractivity contribution < 1.29 is 19.0 Å². The average Bonchev–Trinajstić information content (AvgIpc) is 3.22. The van der Waals surface area contributed by atoms with Crippen molar-refractivity contribution in [2.24, 2.45) is 0 Å². The fourth-order valence-corrected chi connectivity index (χ4v) is 3.54.